The molecule has 2 aromatic carbocycles. The molecule has 1 amide bonds. The highest BCUT2D eigenvalue weighted by Gasteiger charge is 2.35. The summed E-state index contributed by atoms with van der Waals surface area (Å²) >= 11 is 0. The maximum atomic E-state index is 13.2. The molecule has 1 aliphatic rings. The van der Waals surface area contributed by atoms with Gasteiger partial charge in [-0.1, -0.05) is 17.7 Å². The number of benzene rings is 2. The lowest BCUT2D eigenvalue weighted by atomic mass is 9.91. The average Bonchev–Trinajstić information content (AvgIpc) is 3.41. The summed E-state index contributed by atoms with van der Waals surface area (Å²) in [5.41, 5.74) is 1.51. The molecular weight excluding hydrogens is 510 g/mol. The summed E-state index contributed by atoms with van der Waals surface area (Å²) in [5, 5.41) is 16.0. The summed E-state index contributed by atoms with van der Waals surface area (Å²) in [6, 6.07) is 16.5. The Morgan fingerprint density at radius 1 is 1.00 bits per heavy atom. The number of aliphatic hydroxyl groups is 1. The van der Waals surface area contributed by atoms with Gasteiger partial charge < -0.3 is 14.7 Å². The molecule has 0 spiro atoms. The summed E-state index contributed by atoms with van der Waals surface area (Å²) < 4.78 is 8.65. The fraction of sp³-hybridized carbons (Fsp3) is 0.241. The summed E-state index contributed by atoms with van der Waals surface area (Å²) in [5.74, 6) is 0.393. The highest BCUT2D eigenvalue weighted by atomic mass is 16.5. The standard InChI is InChI=1S/C29H27N7O4/c1-20-3-7-22(8-4-20)36-25-24(17-33-36)27(38)35(19-32-25)18-29(39)11-15-34(16-12-29)26(37)21-5-9-23(10-6-21)40-28-30-13-2-14-31-28/h2-10,13-14,17,19,39H,11-12,15-16,18H2,1H3. The molecule has 4 heterocycles. The molecular formula is C29H27N7O4. The van der Waals surface area contributed by atoms with E-state index >= 15 is 0 Å². The Balaban J connectivity index is 1.11. The van der Waals surface area contributed by atoms with Crippen LogP contribution in [0.5, 0.6) is 11.8 Å². The predicted octanol–water partition coefficient (Wildman–Crippen LogP) is 3.14. The van der Waals surface area contributed by atoms with Gasteiger partial charge in [-0.2, -0.15) is 5.10 Å². The van der Waals surface area contributed by atoms with Crippen molar-refractivity contribution in [1.82, 2.24) is 34.2 Å². The SMILES string of the molecule is Cc1ccc(-n2ncc3c(=O)n(CC4(O)CCN(C(=O)c5ccc(Oc6ncccn6)cc5)CC4)cnc32)cc1. The van der Waals surface area contributed by atoms with Gasteiger partial charge in [0.15, 0.2) is 5.65 Å². The Bertz CT molecular complexity index is 1710. The van der Waals surface area contributed by atoms with Gasteiger partial charge in [-0.15, -0.1) is 0 Å². The Morgan fingerprint density at radius 3 is 2.40 bits per heavy atom. The van der Waals surface area contributed by atoms with Crippen molar-refractivity contribution in [2.45, 2.75) is 31.9 Å². The minimum atomic E-state index is -1.14. The first-order valence-corrected chi connectivity index (χ1v) is 13.0. The molecule has 6 rings (SSSR count). The van der Waals surface area contributed by atoms with E-state index in [0.29, 0.717) is 48.3 Å². The van der Waals surface area contributed by atoms with E-state index in [2.05, 4.69) is 20.1 Å². The van der Waals surface area contributed by atoms with E-state index in [-0.39, 0.29) is 24.0 Å². The van der Waals surface area contributed by atoms with Crippen LogP contribution in [0.25, 0.3) is 16.7 Å². The van der Waals surface area contributed by atoms with Crippen LogP contribution >= 0.6 is 0 Å². The quantitative estimate of drug-likeness (QED) is 0.350. The van der Waals surface area contributed by atoms with E-state index in [0.717, 1.165) is 11.3 Å². The third-order valence-electron chi connectivity index (χ3n) is 7.13. The molecule has 202 valence electrons. The number of amides is 1. The number of aryl methyl sites for hydroxylation is 1. The Hall–Kier alpha value is -4.90. The second kappa shape index (κ2) is 10.3. The van der Waals surface area contributed by atoms with Crippen molar-refractivity contribution in [1.29, 1.82) is 0 Å². The number of hydrogen-bond donors (Lipinski definition) is 1. The number of piperidine rings is 1. The van der Waals surface area contributed by atoms with Gasteiger partial charge >= 0.3 is 6.01 Å². The molecule has 3 aromatic heterocycles. The molecule has 0 saturated carbocycles. The largest absolute Gasteiger partial charge is 0.424 e. The molecule has 1 aliphatic heterocycles. The zero-order valence-electron chi connectivity index (χ0n) is 21.8. The molecule has 40 heavy (non-hydrogen) atoms. The third kappa shape index (κ3) is 5.06. The van der Waals surface area contributed by atoms with Gasteiger partial charge in [0.05, 0.1) is 24.0 Å². The van der Waals surface area contributed by atoms with Crippen LogP contribution in [0.2, 0.25) is 0 Å². The minimum absolute atomic E-state index is 0.0834. The smallest absolute Gasteiger partial charge is 0.321 e. The van der Waals surface area contributed by atoms with Crippen molar-refractivity contribution in [2.24, 2.45) is 0 Å². The molecule has 1 saturated heterocycles. The zero-order chi connectivity index (χ0) is 27.7. The van der Waals surface area contributed by atoms with Gasteiger partial charge in [-0.25, -0.2) is 19.6 Å². The third-order valence-corrected chi connectivity index (χ3v) is 7.13. The van der Waals surface area contributed by atoms with Gasteiger partial charge in [0, 0.05) is 31.0 Å². The van der Waals surface area contributed by atoms with Crippen molar-refractivity contribution in [2.75, 3.05) is 13.1 Å². The number of likely N-dealkylation sites (tertiary alicyclic amines) is 1. The highest BCUT2D eigenvalue weighted by molar-refractivity contribution is 5.94. The molecule has 1 fully saturated rings. The highest BCUT2D eigenvalue weighted by Crippen LogP contribution is 2.26. The van der Waals surface area contributed by atoms with E-state index in [1.165, 1.54) is 17.1 Å². The second-order valence-electron chi connectivity index (χ2n) is 9.98. The van der Waals surface area contributed by atoms with Crippen LogP contribution in [0.4, 0.5) is 0 Å². The van der Waals surface area contributed by atoms with Crippen LogP contribution in [0.15, 0.2) is 84.3 Å². The maximum Gasteiger partial charge on any atom is 0.321 e. The van der Waals surface area contributed by atoms with E-state index in [4.69, 9.17) is 4.74 Å². The molecule has 0 unspecified atom stereocenters. The van der Waals surface area contributed by atoms with Crippen LogP contribution in [-0.4, -0.2) is 63.9 Å². The predicted molar refractivity (Wildman–Crippen MR) is 146 cm³/mol. The summed E-state index contributed by atoms with van der Waals surface area (Å²) in [6.07, 6.45) is 6.80. The van der Waals surface area contributed by atoms with Crippen LogP contribution in [0, 0.1) is 6.92 Å². The number of aromatic nitrogens is 6. The van der Waals surface area contributed by atoms with Crippen LogP contribution < -0.4 is 10.3 Å². The fourth-order valence-electron chi connectivity index (χ4n) is 4.83. The van der Waals surface area contributed by atoms with Gasteiger partial charge in [0.2, 0.25) is 0 Å². The number of nitrogens with zero attached hydrogens (tertiary/aromatic N) is 7. The lowest BCUT2D eigenvalue weighted by molar-refractivity contribution is -0.0299. The molecule has 5 aromatic rings. The van der Waals surface area contributed by atoms with Crippen LogP contribution in [-0.2, 0) is 6.54 Å². The van der Waals surface area contributed by atoms with E-state index < -0.39 is 5.60 Å². The Labute approximate surface area is 229 Å². The van der Waals surface area contributed by atoms with Gasteiger partial charge in [0.25, 0.3) is 11.5 Å². The minimum Gasteiger partial charge on any atom is -0.424 e. The van der Waals surface area contributed by atoms with E-state index in [1.807, 2.05) is 31.2 Å². The van der Waals surface area contributed by atoms with E-state index in [9.17, 15) is 14.7 Å². The Morgan fingerprint density at radius 2 is 1.70 bits per heavy atom. The Kier molecular flexibility index (Phi) is 6.56. The van der Waals surface area contributed by atoms with Crippen molar-refractivity contribution in [3.8, 4) is 17.4 Å². The van der Waals surface area contributed by atoms with Crippen molar-refractivity contribution in [3.63, 3.8) is 0 Å². The van der Waals surface area contributed by atoms with Crippen molar-refractivity contribution in [3.05, 3.63) is 101 Å². The second-order valence-corrected chi connectivity index (χ2v) is 9.98. The molecule has 0 bridgehead atoms. The molecule has 1 N–H and O–H groups in total. The number of hydrogen-bond acceptors (Lipinski definition) is 8. The number of ether oxygens (including phenoxy) is 1. The first-order valence-electron chi connectivity index (χ1n) is 13.0. The average molecular weight is 538 g/mol. The summed E-state index contributed by atoms with van der Waals surface area (Å²) in [4.78, 5) is 40.5. The zero-order valence-corrected chi connectivity index (χ0v) is 21.8. The lowest BCUT2D eigenvalue weighted by Gasteiger charge is -2.38. The summed E-state index contributed by atoms with van der Waals surface area (Å²) in [6.45, 7) is 2.81. The molecule has 0 aliphatic carbocycles. The monoisotopic (exact) mass is 537 g/mol. The molecule has 0 atom stereocenters. The topological polar surface area (TPSA) is 128 Å². The molecule has 11 heteroatoms. The summed E-state index contributed by atoms with van der Waals surface area (Å²) in [7, 11) is 0. The van der Waals surface area contributed by atoms with Gasteiger partial charge in [-0.3, -0.25) is 14.2 Å². The van der Waals surface area contributed by atoms with Gasteiger partial charge in [-0.05, 0) is 62.2 Å². The van der Waals surface area contributed by atoms with E-state index in [1.54, 1.807) is 52.3 Å². The van der Waals surface area contributed by atoms with Crippen LogP contribution in [0.3, 0.4) is 0 Å². The first kappa shape index (κ1) is 25.4. The number of fused-ring (bicyclic) bond motifs is 1. The number of carbonyl (C=O) groups is 1. The first-order chi connectivity index (χ1) is 19.4. The van der Waals surface area contributed by atoms with Crippen molar-refractivity contribution < 1.29 is 14.6 Å². The maximum absolute atomic E-state index is 13.2. The molecule has 0 radical (unpaired) electrons. The van der Waals surface area contributed by atoms with Gasteiger partial charge in [0.1, 0.15) is 17.5 Å². The van der Waals surface area contributed by atoms with Crippen molar-refractivity contribution >= 4 is 16.9 Å². The molecule has 11 nitrogen and oxygen atoms in total. The van der Waals surface area contributed by atoms with Crippen LogP contribution in [0.1, 0.15) is 28.8 Å². The normalized spacial score (nSPS) is 14.8. The number of rotatable bonds is 6. The lowest BCUT2D eigenvalue weighted by Crippen LogP contribution is -2.49. The fourth-order valence-corrected chi connectivity index (χ4v) is 4.83. The number of carbonyl (C=O) groups excluding carboxylic acids is 1.